The summed E-state index contributed by atoms with van der Waals surface area (Å²) in [5, 5.41) is 12.1. The van der Waals surface area contributed by atoms with Crippen molar-refractivity contribution < 1.29 is 9.90 Å². The largest absolute Gasteiger partial charge is 0.395 e. The Labute approximate surface area is 134 Å². The number of hydrogen-bond acceptors (Lipinski definition) is 3. The van der Waals surface area contributed by atoms with Gasteiger partial charge in [0.1, 0.15) is 0 Å². The molecule has 2 N–H and O–H groups in total. The highest BCUT2D eigenvalue weighted by Gasteiger charge is 2.18. The lowest BCUT2D eigenvalue weighted by atomic mass is 10.1. The highest BCUT2D eigenvalue weighted by atomic mass is 127. The smallest absolute Gasteiger partial charge is 0.238 e. The number of nitrogens with zero attached hydrogens (tertiary/aromatic N) is 1. The Balaban J connectivity index is 2.64. The summed E-state index contributed by atoms with van der Waals surface area (Å²) >= 11 is 2.20. The molecular formula is C15H23IN2O2. The van der Waals surface area contributed by atoms with Crippen molar-refractivity contribution in [2.75, 3.05) is 25.0 Å². The summed E-state index contributed by atoms with van der Waals surface area (Å²) in [5.74, 6) is -0.0329. The number of amides is 1. The number of halogens is 1. The molecule has 1 aromatic carbocycles. The van der Waals surface area contributed by atoms with Gasteiger partial charge in [0.25, 0.3) is 0 Å². The van der Waals surface area contributed by atoms with E-state index in [1.807, 2.05) is 29.2 Å². The van der Waals surface area contributed by atoms with Gasteiger partial charge in [0, 0.05) is 16.2 Å². The molecule has 0 heterocycles. The number of nitrogens with one attached hydrogen (secondary N) is 1. The quantitative estimate of drug-likeness (QED) is 0.672. The van der Waals surface area contributed by atoms with Crippen molar-refractivity contribution in [3.63, 3.8) is 0 Å². The van der Waals surface area contributed by atoms with E-state index >= 15 is 0 Å². The van der Waals surface area contributed by atoms with Crippen LogP contribution in [0.2, 0.25) is 0 Å². The first-order valence-corrected chi connectivity index (χ1v) is 8.09. The van der Waals surface area contributed by atoms with Crippen molar-refractivity contribution >= 4 is 34.2 Å². The lowest BCUT2D eigenvalue weighted by molar-refractivity contribution is -0.118. The van der Waals surface area contributed by atoms with Gasteiger partial charge in [-0.15, -0.1) is 0 Å². The van der Waals surface area contributed by atoms with Gasteiger partial charge in [-0.1, -0.05) is 26.0 Å². The molecule has 1 rings (SSSR count). The first-order chi connectivity index (χ1) is 9.62. The number of hydrogen-bond donors (Lipinski definition) is 2. The van der Waals surface area contributed by atoms with E-state index < -0.39 is 0 Å². The molecule has 1 amide bonds. The van der Waals surface area contributed by atoms with Gasteiger partial charge < -0.3 is 10.4 Å². The number of aliphatic hydroxyl groups is 1. The maximum atomic E-state index is 12.1. The fourth-order valence-corrected chi connectivity index (χ4v) is 2.78. The molecule has 0 aliphatic heterocycles. The Bertz CT molecular complexity index is 422. The zero-order chi connectivity index (χ0) is 15.0. The first-order valence-electron chi connectivity index (χ1n) is 7.01. The van der Waals surface area contributed by atoms with Crippen molar-refractivity contribution in [2.24, 2.45) is 0 Å². The highest BCUT2D eigenvalue weighted by molar-refractivity contribution is 14.1. The standard InChI is InChI=1S/C15H23IN2O2/c1-3-12(4-2)18(9-10-19)11-15(20)17-14-8-6-5-7-13(14)16/h5-8,12,19H,3-4,9-11H2,1-2H3,(H,17,20). The minimum absolute atomic E-state index is 0.0329. The Kier molecular flexibility index (Phi) is 8.09. The second-order valence-electron chi connectivity index (χ2n) is 4.69. The number of aliphatic hydroxyl groups excluding tert-OH is 1. The fourth-order valence-electron chi connectivity index (χ4n) is 2.26. The van der Waals surface area contributed by atoms with Crippen LogP contribution in [0.5, 0.6) is 0 Å². The maximum Gasteiger partial charge on any atom is 0.238 e. The molecule has 0 aliphatic carbocycles. The van der Waals surface area contributed by atoms with E-state index in [9.17, 15) is 4.79 Å². The topological polar surface area (TPSA) is 52.6 Å². The van der Waals surface area contributed by atoms with E-state index in [0.29, 0.717) is 19.1 Å². The summed E-state index contributed by atoms with van der Waals surface area (Å²) < 4.78 is 1.02. The molecule has 1 aromatic rings. The van der Waals surface area contributed by atoms with Gasteiger partial charge in [0.15, 0.2) is 0 Å². The van der Waals surface area contributed by atoms with Crippen LogP contribution in [0.1, 0.15) is 26.7 Å². The van der Waals surface area contributed by atoms with E-state index in [4.69, 9.17) is 5.11 Å². The van der Waals surface area contributed by atoms with Gasteiger partial charge in [-0.2, -0.15) is 0 Å². The number of carbonyl (C=O) groups excluding carboxylic acids is 1. The zero-order valence-corrected chi connectivity index (χ0v) is 14.3. The Morgan fingerprint density at radius 3 is 2.55 bits per heavy atom. The van der Waals surface area contributed by atoms with Crippen LogP contribution in [0.25, 0.3) is 0 Å². The van der Waals surface area contributed by atoms with E-state index in [2.05, 4.69) is 41.8 Å². The van der Waals surface area contributed by atoms with Crippen LogP contribution in [-0.2, 0) is 4.79 Å². The molecule has 0 fully saturated rings. The van der Waals surface area contributed by atoms with Crippen LogP contribution in [-0.4, -0.2) is 41.7 Å². The van der Waals surface area contributed by atoms with Crippen LogP contribution >= 0.6 is 22.6 Å². The fraction of sp³-hybridized carbons (Fsp3) is 0.533. The third-order valence-electron chi connectivity index (χ3n) is 3.34. The summed E-state index contributed by atoms with van der Waals surface area (Å²) in [5.41, 5.74) is 0.839. The van der Waals surface area contributed by atoms with Gasteiger partial charge in [0.05, 0.1) is 18.8 Å². The minimum atomic E-state index is -0.0329. The Morgan fingerprint density at radius 2 is 2.00 bits per heavy atom. The monoisotopic (exact) mass is 390 g/mol. The van der Waals surface area contributed by atoms with Crippen LogP contribution in [0.3, 0.4) is 0 Å². The average molecular weight is 390 g/mol. The molecule has 0 radical (unpaired) electrons. The molecule has 20 heavy (non-hydrogen) atoms. The van der Waals surface area contributed by atoms with Crippen LogP contribution in [0, 0.1) is 3.57 Å². The molecule has 0 aromatic heterocycles. The number of benzene rings is 1. The van der Waals surface area contributed by atoms with Gasteiger partial charge in [-0.05, 0) is 47.6 Å². The normalized spacial score (nSPS) is 11.1. The van der Waals surface area contributed by atoms with Crippen molar-refractivity contribution in [1.29, 1.82) is 0 Å². The predicted molar refractivity (Wildman–Crippen MR) is 90.8 cm³/mol. The minimum Gasteiger partial charge on any atom is -0.395 e. The van der Waals surface area contributed by atoms with Gasteiger partial charge in [-0.3, -0.25) is 9.69 Å². The van der Waals surface area contributed by atoms with Gasteiger partial charge in [0.2, 0.25) is 5.91 Å². The zero-order valence-electron chi connectivity index (χ0n) is 12.1. The lowest BCUT2D eigenvalue weighted by Gasteiger charge is -2.29. The summed E-state index contributed by atoms with van der Waals surface area (Å²) in [7, 11) is 0. The van der Waals surface area contributed by atoms with E-state index in [1.165, 1.54) is 0 Å². The predicted octanol–water partition coefficient (Wildman–Crippen LogP) is 2.71. The van der Waals surface area contributed by atoms with Crippen molar-refractivity contribution in [3.8, 4) is 0 Å². The third-order valence-corrected chi connectivity index (χ3v) is 4.28. The Hall–Kier alpha value is -0.660. The van der Waals surface area contributed by atoms with Crippen LogP contribution < -0.4 is 5.32 Å². The lowest BCUT2D eigenvalue weighted by Crippen LogP contribution is -2.42. The number of para-hydroxylation sites is 1. The summed E-state index contributed by atoms with van der Waals surface area (Å²) in [4.78, 5) is 14.2. The highest BCUT2D eigenvalue weighted by Crippen LogP contribution is 2.17. The first kappa shape index (κ1) is 17.4. The summed E-state index contributed by atoms with van der Waals surface area (Å²) in [6.45, 7) is 5.14. The third kappa shape index (κ3) is 5.38. The molecule has 0 saturated heterocycles. The van der Waals surface area contributed by atoms with Gasteiger partial charge in [-0.25, -0.2) is 0 Å². The summed E-state index contributed by atoms with van der Waals surface area (Å²) in [6.07, 6.45) is 1.96. The molecule has 0 bridgehead atoms. The van der Waals surface area contributed by atoms with Crippen molar-refractivity contribution in [3.05, 3.63) is 27.8 Å². The number of rotatable bonds is 8. The molecule has 112 valence electrons. The molecular weight excluding hydrogens is 367 g/mol. The van der Waals surface area contributed by atoms with Gasteiger partial charge >= 0.3 is 0 Å². The maximum absolute atomic E-state index is 12.1. The molecule has 0 saturated carbocycles. The van der Waals surface area contributed by atoms with Crippen LogP contribution in [0.15, 0.2) is 24.3 Å². The number of carbonyl (C=O) groups is 1. The summed E-state index contributed by atoms with van der Waals surface area (Å²) in [6, 6.07) is 8.04. The van der Waals surface area contributed by atoms with E-state index in [-0.39, 0.29) is 12.5 Å². The molecule has 0 atom stereocenters. The Morgan fingerprint density at radius 1 is 1.35 bits per heavy atom. The molecule has 0 spiro atoms. The molecule has 0 unspecified atom stereocenters. The second-order valence-corrected chi connectivity index (χ2v) is 5.85. The van der Waals surface area contributed by atoms with Crippen molar-refractivity contribution in [1.82, 2.24) is 4.90 Å². The molecule has 4 nitrogen and oxygen atoms in total. The second kappa shape index (κ2) is 9.31. The number of anilines is 1. The van der Waals surface area contributed by atoms with Crippen molar-refractivity contribution in [2.45, 2.75) is 32.7 Å². The average Bonchev–Trinajstić information content (AvgIpc) is 2.43. The van der Waals surface area contributed by atoms with E-state index in [0.717, 1.165) is 22.1 Å². The molecule has 0 aliphatic rings. The van der Waals surface area contributed by atoms with E-state index in [1.54, 1.807) is 0 Å². The molecule has 5 heteroatoms. The van der Waals surface area contributed by atoms with Crippen LogP contribution in [0.4, 0.5) is 5.69 Å². The SMILES string of the molecule is CCC(CC)N(CCO)CC(=O)Nc1ccccc1I.